The number of nitrogens with zero attached hydrogens (tertiary/aromatic N) is 5. The van der Waals surface area contributed by atoms with Crippen molar-refractivity contribution in [3.8, 4) is 23.0 Å². The number of morpholine rings is 1. The third kappa shape index (κ3) is 3.28. The second kappa shape index (κ2) is 8.03. The number of amides is 1. The molecule has 9 nitrogen and oxygen atoms in total. The average Bonchev–Trinajstić information content (AvgIpc) is 3.45. The minimum absolute atomic E-state index is 0.0751. The average molecular weight is 434 g/mol. The maximum Gasteiger partial charge on any atom is 0.255 e. The Morgan fingerprint density at radius 1 is 1.34 bits per heavy atom. The van der Waals surface area contributed by atoms with Gasteiger partial charge >= 0.3 is 0 Å². The molecule has 0 spiro atoms. The molecule has 0 aliphatic carbocycles. The number of carbonyl (C=O) groups excluding carboxylic acids is 1. The molecule has 10 heteroatoms. The fourth-order valence-corrected chi connectivity index (χ4v) is 4.11. The van der Waals surface area contributed by atoms with Crippen LogP contribution in [0.25, 0.3) is 16.9 Å². The Hall–Kier alpha value is -3.81. The fraction of sp³-hybridized carbons (Fsp3) is 0.273. The maximum atomic E-state index is 14.7. The molecule has 2 N–H and O–H groups in total. The van der Waals surface area contributed by atoms with Gasteiger partial charge < -0.3 is 20.1 Å². The van der Waals surface area contributed by atoms with Gasteiger partial charge in [-0.3, -0.25) is 4.79 Å². The topological polar surface area (TPSA) is 116 Å². The molecule has 1 atom stereocenters. The van der Waals surface area contributed by atoms with Crippen LogP contribution in [-0.2, 0) is 11.3 Å². The second-order valence-corrected chi connectivity index (χ2v) is 7.53. The summed E-state index contributed by atoms with van der Waals surface area (Å²) < 4.78 is 21.6. The van der Waals surface area contributed by atoms with Crippen molar-refractivity contribution in [3.05, 3.63) is 59.2 Å². The molecule has 1 amide bonds. The van der Waals surface area contributed by atoms with Gasteiger partial charge in [0.05, 0.1) is 72.2 Å². The van der Waals surface area contributed by atoms with E-state index in [0.717, 1.165) is 0 Å². The molecule has 1 aromatic carbocycles. The number of hydrogen-bond donors (Lipinski definition) is 2. The Labute approximate surface area is 182 Å². The van der Waals surface area contributed by atoms with Crippen LogP contribution in [0.15, 0.2) is 36.5 Å². The monoisotopic (exact) mass is 434 g/mol. The van der Waals surface area contributed by atoms with Crippen LogP contribution in [0.4, 0.5) is 10.2 Å². The summed E-state index contributed by atoms with van der Waals surface area (Å²) in [5.41, 5.74) is 1.75. The van der Waals surface area contributed by atoms with Crippen molar-refractivity contribution in [2.45, 2.75) is 12.6 Å². The number of anilines is 1. The molecular formula is C22H19FN6O3. The molecule has 0 radical (unpaired) electrons. The number of rotatable bonds is 4. The van der Waals surface area contributed by atoms with E-state index in [1.54, 1.807) is 23.0 Å². The molecule has 4 heterocycles. The Balaban J connectivity index is 1.64. The summed E-state index contributed by atoms with van der Waals surface area (Å²) >= 11 is 0. The zero-order chi connectivity index (χ0) is 22.2. The molecule has 1 saturated heterocycles. The lowest BCUT2D eigenvalue weighted by Crippen LogP contribution is -2.47. The van der Waals surface area contributed by atoms with Crippen LogP contribution in [0.1, 0.15) is 21.6 Å². The molecule has 162 valence electrons. The van der Waals surface area contributed by atoms with Crippen LogP contribution in [0.2, 0.25) is 0 Å². The van der Waals surface area contributed by atoms with Crippen LogP contribution >= 0.6 is 0 Å². The summed E-state index contributed by atoms with van der Waals surface area (Å²) in [6.07, 6.45) is 1.71. The molecule has 2 aliphatic rings. The van der Waals surface area contributed by atoms with Crippen molar-refractivity contribution in [3.63, 3.8) is 0 Å². The number of carbonyl (C=O) groups is 1. The first-order valence-corrected chi connectivity index (χ1v) is 10.1. The SMILES string of the molecule is N#Cc1cccc(F)c1-c1cc(-n2ccc(N3CCOC[C@H]3CO)n2)c2c(n1)CNC2=O. The summed E-state index contributed by atoms with van der Waals surface area (Å²) in [6, 6.07) is 9.41. The number of ether oxygens (including phenoxy) is 1. The number of pyridine rings is 1. The lowest BCUT2D eigenvalue weighted by Gasteiger charge is -2.34. The largest absolute Gasteiger partial charge is 0.394 e. The first-order valence-electron chi connectivity index (χ1n) is 10.1. The van der Waals surface area contributed by atoms with Crippen molar-refractivity contribution in [2.24, 2.45) is 0 Å². The predicted molar refractivity (Wildman–Crippen MR) is 112 cm³/mol. The second-order valence-electron chi connectivity index (χ2n) is 7.53. The molecular weight excluding hydrogens is 415 g/mol. The van der Waals surface area contributed by atoms with Gasteiger partial charge in [-0.25, -0.2) is 14.1 Å². The van der Waals surface area contributed by atoms with Crippen LogP contribution in [0.3, 0.4) is 0 Å². The van der Waals surface area contributed by atoms with E-state index < -0.39 is 5.82 Å². The van der Waals surface area contributed by atoms with Crippen LogP contribution in [0, 0.1) is 17.1 Å². The lowest BCUT2D eigenvalue weighted by molar-refractivity contribution is 0.0722. The zero-order valence-corrected chi connectivity index (χ0v) is 17.0. The molecule has 0 saturated carbocycles. The first-order chi connectivity index (χ1) is 15.6. The number of hydrogen-bond acceptors (Lipinski definition) is 7. The number of halogens is 1. The van der Waals surface area contributed by atoms with Crippen molar-refractivity contribution < 1.29 is 19.0 Å². The van der Waals surface area contributed by atoms with Crippen molar-refractivity contribution in [2.75, 3.05) is 31.3 Å². The summed E-state index contributed by atoms with van der Waals surface area (Å²) in [5, 5.41) is 26.5. The Bertz CT molecular complexity index is 1250. The first kappa shape index (κ1) is 20.1. The highest BCUT2D eigenvalue weighted by atomic mass is 19.1. The van der Waals surface area contributed by atoms with Crippen molar-refractivity contribution >= 4 is 11.7 Å². The van der Waals surface area contributed by atoms with Crippen LogP contribution in [-0.4, -0.2) is 58.2 Å². The number of aliphatic hydroxyl groups is 1. The highest BCUT2D eigenvalue weighted by Gasteiger charge is 2.29. The number of aromatic nitrogens is 3. The van der Waals surface area contributed by atoms with Crippen LogP contribution in [0.5, 0.6) is 0 Å². The number of aliphatic hydroxyl groups excluding tert-OH is 1. The summed E-state index contributed by atoms with van der Waals surface area (Å²) in [4.78, 5) is 19.0. The van der Waals surface area contributed by atoms with Gasteiger partial charge in [0.1, 0.15) is 5.82 Å². The minimum atomic E-state index is -0.569. The van der Waals surface area contributed by atoms with Gasteiger partial charge in [0.15, 0.2) is 5.82 Å². The normalized spacial score (nSPS) is 17.7. The van der Waals surface area contributed by atoms with E-state index in [4.69, 9.17) is 4.74 Å². The molecule has 0 unspecified atom stereocenters. The fourth-order valence-electron chi connectivity index (χ4n) is 4.11. The van der Waals surface area contributed by atoms with Gasteiger partial charge in [0.2, 0.25) is 0 Å². The molecule has 1 fully saturated rings. The Morgan fingerprint density at radius 3 is 3.03 bits per heavy atom. The van der Waals surface area contributed by atoms with E-state index in [9.17, 15) is 19.6 Å². The van der Waals surface area contributed by atoms with E-state index in [0.29, 0.717) is 42.5 Å². The highest BCUT2D eigenvalue weighted by molar-refractivity contribution is 6.01. The third-order valence-corrected chi connectivity index (χ3v) is 5.66. The molecule has 2 aromatic heterocycles. The standard InChI is InChI=1S/C22H19FN6O3/c23-15-3-1-2-13(9-24)20(15)16-8-18(21-17(26-16)10-25-22(21)31)29-5-4-19(27-29)28-6-7-32-12-14(28)11-30/h1-5,8,14,30H,6-7,10-12H2,(H,25,31)/t14-/m1/s1. The van der Waals surface area contributed by atoms with Gasteiger partial charge in [-0.15, -0.1) is 0 Å². The van der Waals surface area contributed by atoms with Gasteiger partial charge in [-0.2, -0.15) is 10.4 Å². The molecule has 32 heavy (non-hydrogen) atoms. The minimum Gasteiger partial charge on any atom is -0.394 e. The van der Waals surface area contributed by atoms with Crippen molar-refractivity contribution in [1.82, 2.24) is 20.1 Å². The van der Waals surface area contributed by atoms with E-state index >= 15 is 0 Å². The molecule has 2 aliphatic heterocycles. The molecule has 3 aromatic rings. The number of benzene rings is 1. The Kier molecular flexibility index (Phi) is 5.05. The summed E-state index contributed by atoms with van der Waals surface area (Å²) in [6.45, 7) is 1.61. The number of nitrogens with one attached hydrogen (secondary N) is 1. The third-order valence-electron chi connectivity index (χ3n) is 5.66. The highest BCUT2D eigenvalue weighted by Crippen LogP contribution is 2.31. The maximum absolute atomic E-state index is 14.7. The van der Waals surface area contributed by atoms with E-state index in [1.165, 1.54) is 18.2 Å². The number of fused-ring (bicyclic) bond motifs is 1. The van der Waals surface area contributed by atoms with Gasteiger partial charge in [0.25, 0.3) is 5.91 Å². The van der Waals surface area contributed by atoms with E-state index in [2.05, 4.69) is 15.4 Å². The van der Waals surface area contributed by atoms with E-state index in [-0.39, 0.29) is 41.9 Å². The quantitative estimate of drug-likeness (QED) is 0.637. The van der Waals surface area contributed by atoms with Crippen LogP contribution < -0.4 is 10.2 Å². The zero-order valence-electron chi connectivity index (χ0n) is 17.0. The van der Waals surface area contributed by atoms with Gasteiger partial charge in [-0.05, 0) is 18.2 Å². The smallest absolute Gasteiger partial charge is 0.255 e. The molecule has 5 rings (SSSR count). The van der Waals surface area contributed by atoms with E-state index in [1.807, 2.05) is 11.0 Å². The van der Waals surface area contributed by atoms with Crippen molar-refractivity contribution in [1.29, 1.82) is 5.26 Å². The summed E-state index contributed by atoms with van der Waals surface area (Å²) in [5.74, 6) is -0.235. The van der Waals surface area contributed by atoms with Gasteiger partial charge in [-0.1, -0.05) is 6.07 Å². The summed E-state index contributed by atoms with van der Waals surface area (Å²) in [7, 11) is 0. The molecule has 0 bridgehead atoms. The predicted octanol–water partition coefficient (Wildman–Crippen LogP) is 1.39. The number of nitriles is 1. The lowest BCUT2D eigenvalue weighted by atomic mass is 10.0. The van der Waals surface area contributed by atoms with Gasteiger partial charge in [0, 0.05) is 18.8 Å². The Morgan fingerprint density at radius 2 is 2.22 bits per heavy atom.